The van der Waals surface area contributed by atoms with E-state index in [2.05, 4.69) is 12.1 Å². The summed E-state index contributed by atoms with van der Waals surface area (Å²) in [6.45, 7) is 0. The van der Waals surface area contributed by atoms with Crippen LogP contribution in [0.5, 0.6) is 0 Å². The van der Waals surface area contributed by atoms with E-state index in [1.165, 1.54) is 34.8 Å². The maximum absolute atomic E-state index is 11.2. The molecule has 2 nitrogen and oxygen atoms in total. The van der Waals surface area contributed by atoms with Gasteiger partial charge in [-0.3, -0.25) is 9.79 Å². The van der Waals surface area contributed by atoms with Crippen LogP contribution in [0.1, 0.15) is 18.4 Å². The summed E-state index contributed by atoms with van der Waals surface area (Å²) in [7, 11) is 0. The Labute approximate surface area is 110 Å². The van der Waals surface area contributed by atoms with Crippen molar-refractivity contribution in [1.29, 1.82) is 0 Å². The van der Waals surface area contributed by atoms with Crippen molar-refractivity contribution in [3.8, 4) is 0 Å². The molecule has 1 aromatic carbocycles. The number of nitrogens with zero attached hydrogens (tertiary/aromatic N) is 1. The molecule has 0 fully saturated rings. The Morgan fingerprint density at radius 2 is 2.18 bits per heavy atom. The molecular weight excluding hydrogens is 250 g/mol. The van der Waals surface area contributed by atoms with Gasteiger partial charge in [0, 0.05) is 11.5 Å². The molecule has 1 unspecified atom stereocenters. The molecule has 1 aromatic rings. The van der Waals surface area contributed by atoms with Crippen LogP contribution in [0, 0.1) is 0 Å². The highest BCUT2D eigenvalue weighted by Crippen LogP contribution is 2.23. The number of rotatable bonds is 3. The average Bonchev–Trinajstić information content (AvgIpc) is 2.86. The molecule has 0 aromatic heterocycles. The molecule has 0 amide bonds. The topological polar surface area (TPSA) is 29.4 Å². The fourth-order valence-electron chi connectivity index (χ4n) is 1.85. The molecule has 0 radical (unpaired) electrons. The highest BCUT2D eigenvalue weighted by atomic mass is 32.2. The average molecular weight is 265 g/mol. The number of carbonyl (C=O) groups is 1. The Morgan fingerprint density at radius 3 is 2.88 bits per heavy atom. The lowest BCUT2D eigenvalue weighted by atomic mass is 10.1. The van der Waals surface area contributed by atoms with Gasteiger partial charge in [0.25, 0.3) is 0 Å². The predicted molar refractivity (Wildman–Crippen MR) is 77.4 cm³/mol. The lowest BCUT2D eigenvalue weighted by Crippen LogP contribution is -2.04. The van der Waals surface area contributed by atoms with Crippen molar-refractivity contribution >= 4 is 33.7 Å². The highest BCUT2D eigenvalue weighted by molar-refractivity contribution is 8.38. The first-order chi connectivity index (χ1) is 8.29. The van der Waals surface area contributed by atoms with E-state index in [0.29, 0.717) is 6.04 Å². The van der Waals surface area contributed by atoms with Crippen LogP contribution in [0.15, 0.2) is 35.3 Å². The van der Waals surface area contributed by atoms with Crippen molar-refractivity contribution in [2.45, 2.75) is 18.9 Å². The Balaban J connectivity index is 1.93. The van der Waals surface area contributed by atoms with Crippen LogP contribution < -0.4 is 0 Å². The van der Waals surface area contributed by atoms with E-state index >= 15 is 0 Å². The van der Waals surface area contributed by atoms with Crippen molar-refractivity contribution < 1.29 is 4.79 Å². The van der Waals surface area contributed by atoms with Crippen LogP contribution in [-0.2, 0) is 0 Å². The lowest BCUT2D eigenvalue weighted by molar-refractivity contribution is 0.276. The van der Waals surface area contributed by atoms with E-state index in [1.54, 1.807) is 0 Å². The van der Waals surface area contributed by atoms with Gasteiger partial charge in [0.2, 0.25) is 4.45 Å². The minimum absolute atomic E-state index is 0.188. The maximum Gasteiger partial charge on any atom is 0.245 e. The molecule has 0 aliphatic carbocycles. The number of carbonyl (C=O) groups excluding carboxylic acids is 1. The molecule has 1 aliphatic rings. The van der Waals surface area contributed by atoms with Gasteiger partial charge in [-0.1, -0.05) is 53.9 Å². The first kappa shape index (κ1) is 12.7. The minimum Gasteiger partial charge on any atom is -0.285 e. The summed E-state index contributed by atoms with van der Waals surface area (Å²) in [5, 5.41) is 0. The minimum atomic E-state index is 0.188. The zero-order valence-corrected chi connectivity index (χ0v) is 11.4. The van der Waals surface area contributed by atoms with E-state index < -0.39 is 0 Å². The molecule has 4 heteroatoms. The Morgan fingerprint density at radius 1 is 1.41 bits per heavy atom. The standard InChI is InChI=1S/C13H15NOS2/c1-16-13(15)17-9-11-7-8-12(14-11)10-5-3-2-4-6-10/h2-6,11H,7-9H2,1H3. The molecule has 0 saturated carbocycles. The van der Waals surface area contributed by atoms with Crippen LogP contribution in [0.4, 0.5) is 4.79 Å². The second-order valence-electron chi connectivity index (χ2n) is 3.90. The summed E-state index contributed by atoms with van der Waals surface area (Å²) in [6, 6.07) is 10.6. The van der Waals surface area contributed by atoms with E-state index in [-0.39, 0.29) is 4.45 Å². The summed E-state index contributed by atoms with van der Waals surface area (Å²) in [6.07, 6.45) is 3.92. The Bertz CT molecular complexity index is 417. The van der Waals surface area contributed by atoms with Gasteiger partial charge in [0.05, 0.1) is 6.04 Å². The van der Waals surface area contributed by atoms with Crippen molar-refractivity contribution in [1.82, 2.24) is 0 Å². The number of thioether (sulfide) groups is 2. The third kappa shape index (κ3) is 3.61. The molecule has 1 atom stereocenters. The van der Waals surface area contributed by atoms with Crippen molar-refractivity contribution in [3.63, 3.8) is 0 Å². The third-order valence-electron chi connectivity index (χ3n) is 2.72. The molecule has 0 N–H and O–H groups in total. The lowest BCUT2D eigenvalue weighted by Gasteiger charge is -2.03. The van der Waals surface area contributed by atoms with Gasteiger partial charge in [-0.2, -0.15) is 0 Å². The number of hydrogen-bond donors (Lipinski definition) is 0. The molecule has 0 bridgehead atoms. The zero-order chi connectivity index (χ0) is 12.1. The third-order valence-corrected chi connectivity index (χ3v) is 4.69. The quantitative estimate of drug-likeness (QED) is 0.831. The van der Waals surface area contributed by atoms with Gasteiger partial charge in [0.15, 0.2) is 0 Å². The molecule has 1 aliphatic heterocycles. The zero-order valence-electron chi connectivity index (χ0n) is 9.76. The van der Waals surface area contributed by atoms with Gasteiger partial charge in [-0.15, -0.1) is 0 Å². The van der Waals surface area contributed by atoms with Gasteiger partial charge in [0.1, 0.15) is 0 Å². The van der Waals surface area contributed by atoms with Crippen LogP contribution in [0.2, 0.25) is 0 Å². The molecule has 2 rings (SSSR count). The maximum atomic E-state index is 11.2. The summed E-state index contributed by atoms with van der Waals surface area (Å²) in [5.74, 6) is 0.815. The SMILES string of the molecule is CSC(=O)SCC1CCC(c2ccccc2)=N1. The second kappa shape index (κ2) is 6.26. The number of benzene rings is 1. The predicted octanol–water partition coefficient (Wildman–Crippen LogP) is 3.85. The van der Waals surface area contributed by atoms with Crippen LogP contribution in [0.3, 0.4) is 0 Å². The summed E-state index contributed by atoms with van der Waals surface area (Å²) in [4.78, 5) is 15.9. The normalized spacial score (nSPS) is 19.1. The highest BCUT2D eigenvalue weighted by Gasteiger charge is 2.19. The van der Waals surface area contributed by atoms with Crippen LogP contribution >= 0.6 is 23.5 Å². The summed E-state index contributed by atoms with van der Waals surface area (Å²) >= 11 is 2.67. The van der Waals surface area contributed by atoms with Crippen molar-refractivity contribution in [2.24, 2.45) is 4.99 Å². The smallest absolute Gasteiger partial charge is 0.245 e. The molecule has 17 heavy (non-hydrogen) atoms. The largest absolute Gasteiger partial charge is 0.285 e. The Kier molecular flexibility index (Phi) is 4.68. The monoisotopic (exact) mass is 265 g/mol. The molecule has 90 valence electrons. The Hall–Kier alpha value is -0.740. The van der Waals surface area contributed by atoms with Crippen molar-refractivity contribution in [3.05, 3.63) is 35.9 Å². The van der Waals surface area contributed by atoms with Crippen molar-refractivity contribution in [2.75, 3.05) is 12.0 Å². The molecule has 1 heterocycles. The molecule has 0 saturated heterocycles. The van der Waals surface area contributed by atoms with E-state index in [1.807, 2.05) is 24.5 Å². The number of aliphatic imine (C=N–C) groups is 1. The van der Waals surface area contributed by atoms with Gasteiger partial charge >= 0.3 is 0 Å². The first-order valence-electron chi connectivity index (χ1n) is 5.62. The molecular formula is C13H15NOS2. The van der Waals surface area contributed by atoms with E-state index in [4.69, 9.17) is 4.99 Å². The fraction of sp³-hybridized carbons (Fsp3) is 0.385. The van der Waals surface area contributed by atoms with E-state index in [0.717, 1.165) is 18.6 Å². The van der Waals surface area contributed by atoms with Gasteiger partial charge < -0.3 is 0 Å². The van der Waals surface area contributed by atoms with Gasteiger partial charge in [-0.05, 0) is 24.7 Å². The molecule has 0 spiro atoms. The number of hydrogen-bond acceptors (Lipinski definition) is 4. The fourth-order valence-corrected chi connectivity index (χ4v) is 3.09. The second-order valence-corrected chi connectivity index (χ2v) is 5.93. The summed E-state index contributed by atoms with van der Waals surface area (Å²) in [5.41, 5.74) is 2.41. The van der Waals surface area contributed by atoms with Crippen LogP contribution in [0.25, 0.3) is 0 Å². The first-order valence-corrected chi connectivity index (χ1v) is 7.83. The van der Waals surface area contributed by atoms with Crippen LogP contribution in [-0.4, -0.2) is 28.2 Å². The summed E-state index contributed by atoms with van der Waals surface area (Å²) < 4.78 is 0.188. The van der Waals surface area contributed by atoms with E-state index in [9.17, 15) is 4.79 Å². The van der Waals surface area contributed by atoms with Gasteiger partial charge in [-0.25, -0.2) is 0 Å².